The number of carbonyl (C=O) groups excluding carboxylic acids is 4. The van der Waals surface area contributed by atoms with Crippen molar-refractivity contribution in [3.63, 3.8) is 0 Å². The van der Waals surface area contributed by atoms with E-state index in [4.69, 9.17) is 19.2 Å². The standard InChI is InChI=1S/4CO.Mo/c4*1-2;. The second kappa shape index (κ2) is 749. The Bertz CT molecular complexity index is 20.5. The van der Waals surface area contributed by atoms with Crippen molar-refractivity contribution < 1.29 is 40.2 Å². The summed E-state index contributed by atoms with van der Waals surface area (Å²) in [6.07, 6.45) is 0. The summed E-state index contributed by atoms with van der Waals surface area (Å²) in [7, 11) is 0. The van der Waals surface area contributed by atoms with Gasteiger partial charge in [-0.25, -0.2) is 0 Å². The van der Waals surface area contributed by atoms with E-state index >= 15 is 0 Å². The topological polar surface area (TPSA) is 68.3 Å². The second-order valence-corrected chi connectivity index (χ2v) is 0. The second-order valence-electron chi connectivity index (χ2n) is 0. The van der Waals surface area contributed by atoms with Crippen LogP contribution in [0.15, 0.2) is 0 Å². The maximum atomic E-state index is 7.50. The van der Waals surface area contributed by atoms with Gasteiger partial charge in [0.25, 0.3) is 27.2 Å². The zero-order valence-corrected chi connectivity index (χ0v) is 6.05. The van der Waals surface area contributed by atoms with E-state index in [1.807, 2.05) is 0 Å². The van der Waals surface area contributed by atoms with Gasteiger partial charge in [-0.2, -0.15) is 0 Å². The first-order chi connectivity index (χ1) is 4.00. The van der Waals surface area contributed by atoms with Crippen LogP contribution in [0.25, 0.3) is 0 Å². The average Bonchev–Trinajstić information content (AvgIpc) is 2.03. The van der Waals surface area contributed by atoms with Crippen molar-refractivity contribution in [1.82, 2.24) is 0 Å². The normalized spacial score (nSPS) is 1.78. The van der Waals surface area contributed by atoms with Crippen LogP contribution in [0.3, 0.4) is 0 Å². The third kappa shape index (κ3) is 532. The molecular weight excluding hydrogens is 208 g/mol. The molecule has 0 amide bonds. The molecule has 0 aromatic carbocycles. The van der Waals surface area contributed by atoms with E-state index in [1.165, 1.54) is 0 Å². The fourth-order valence-electron chi connectivity index (χ4n) is 0. The molecule has 46 valence electrons. The summed E-state index contributed by atoms with van der Waals surface area (Å²) in [5, 5.41) is 0. The molecule has 0 saturated heterocycles. The SMILES string of the molecule is [C]=O.[C]=O.[C]=O.[C]=O.[Mo]. The van der Waals surface area contributed by atoms with E-state index in [-0.39, 0.29) is 21.1 Å². The van der Waals surface area contributed by atoms with Crippen LogP contribution in [0.4, 0.5) is 0 Å². The first kappa shape index (κ1) is 40.0. The minimum absolute atomic E-state index is 0. The predicted molar refractivity (Wildman–Crippen MR) is 22.8 cm³/mol. The molecule has 0 heterocycles. The summed E-state index contributed by atoms with van der Waals surface area (Å²) >= 11 is 0. The molecule has 0 aromatic rings. The van der Waals surface area contributed by atoms with E-state index < -0.39 is 0 Å². The molecule has 0 fully saturated rings. The van der Waals surface area contributed by atoms with E-state index in [1.54, 1.807) is 0 Å². The Kier molecular flexibility index (Phi) is 3330. The molecule has 0 aliphatic heterocycles. The van der Waals surface area contributed by atoms with E-state index in [2.05, 4.69) is 27.2 Å². The smallest absolute Gasteiger partial charge is 0.281 e. The molecule has 0 aromatic heterocycles. The molecule has 0 spiro atoms. The minimum atomic E-state index is 0. The van der Waals surface area contributed by atoms with Crippen LogP contribution in [0.2, 0.25) is 0 Å². The summed E-state index contributed by atoms with van der Waals surface area (Å²) in [5.74, 6) is 0. The molecule has 4 nitrogen and oxygen atoms in total. The van der Waals surface area contributed by atoms with Crippen LogP contribution in [-0.4, -0.2) is 27.2 Å². The fraction of sp³-hybridized carbons (Fsp3) is 0. The van der Waals surface area contributed by atoms with Crippen LogP contribution in [0, 0.1) is 0 Å². The zero-order valence-electron chi connectivity index (χ0n) is 4.04. The number of hydrogen-bond acceptors (Lipinski definition) is 4. The van der Waals surface area contributed by atoms with Gasteiger partial charge in [0.2, 0.25) is 0 Å². The average molecular weight is 208 g/mol. The summed E-state index contributed by atoms with van der Waals surface area (Å²) in [5.41, 5.74) is 0. The van der Waals surface area contributed by atoms with Crippen LogP contribution in [0.1, 0.15) is 0 Å². The Morgan fingerprint density at radius 2 is 0.444 bits per heavy atom. The fourth-order valence-corrected chi connectivity index (χ4v) is 0. The molecule has 0 aliphatic rings. The van der Waals surface area contributed by atoms with Crippen molar-refractivity contribution in [2.45, 2.75) is 0 Å². The quantitative estimate of drug-likeness (QED) is 0.450. The van der Waals surface area contributed by atoms with Gasteiger partial charge < -0.3 is 0 Å². The first-order valence-electron chi connectivity index (χ1n) is 0.816. The van der Waals surface area contributed by atoms with Gasteiger partial charge in [0.05, 0.1) is 0 Å². The van der Waals surface area contributed by atoms with Gasteiger partial charge in [0, 0.05) is 21.1 Å². The van der Waals surface area contributed by atoms with Gasteiger partial charge in [-0.15, -0.1) is 0 Å². The monoisotopic (exact) mass is 210 g/mol. The van der Waals surface area contributed by atoms with E-state index in [0.717, 1.165) is 0 Å². The summed E-state index contributed by atoms with van der Waals surface area (Å²) < 4.78 is 0. The van der Waals surface area contributed by atoms with E-state index in [0.29, 0.717) is 0 Å². The maximum absolute atomic E-state index is 7.50. The van der Waals surface area contributed by atoms with Crippen molar-refractivity contribution in [3.8, 4) is 0 Å². The molecule has 0 atom stereocenters. The van der Waals surface area contributed by atoms with Crippen molar-refractivity contribution >= 4 is 27.2 Å². The molecule has 0 unspecified atom stereocenters. The summed E-state index contributed by atoms with van der Waals surface area (Å²) in [6.45, 7) is 18.0. The van der Waals surface area contributed by atoms with Crippen LogP contribution < -0.4 is 0 Å². The minimum Gasteiger partial charge on any atom is -0.281 e. The van der Waals surface area contributed by atoms with Gasteiger partial charge in [-0.05, 0) is 0 Å². The Balaban J connectivity index is -0.00000000762. The summed E-state index contributed by atoms with van der Waals surface area (Å²) in [4.78, 5) is 30.0. The van der Waals surface area contributed by atoms with Gasteiger partial charge >= 0.3 is 0 Å². The van der Waals surface area contributed by atoms with Crippen molar-refractivity contribution in [1.29, 1.82) is 0 Å². The Morgan fingerprint density at radius 1 is 0.444 bits per heavy atom. The van der Waals surface area contributed by atoms with Gasteiger partial charge in [-0.3, -0.25) is 19.2 Å². The van der Waals surface area contributed by atoms with Gasteiger partial charge in [0.1, 0.15) is 0 Å². The Labute approximate surface area is 67.9 Å². The Morgan fingerprint density at radius 3 is 0.444 bits per heavy atom. The van der Waals surface area contributed by atoms with E-state index in [9.17, 15) is 0 Å². The third-order valence-electron chi connectivity index (χ3n) is 0. The van der Waals surface area contributed by atoms with Crippen molar-refractivity contribution in [2.24, 2.45) is 0 Å². The van der Waals surface area contributed by atoms with Gasteiger partial charge in [0.15, 0.2) is 0 Å². The molecule has 5 heteroatoms. The Hall–Kier alpha value is -0.632. The molecular formula is C4MoO4. The zero-order chi connectivity index (χ0) is 8.00. The summed E-state index contributed by atoms with van der Waals surface area (Å²) in [6, 6.07) is 0. The molecule has 0 bridgehead atoms. The third-order valence-corrected chi connectivity index (χ3v) is 0. The first-order valence-corrected chi connectivity index (χ1v) is 0.816. The largest absolute Gasteiger partial charge is 0.281 e. The predicted octanol–water partition coefficient (Wildman–Crippen LogP) is -1.59. The molecule has 0 aliphatic carbocycles. The van der Waals surface area contributed by atoms with Crippen molar-refractivity contribution in [3.05, 3.63) is 0 Å². The van der Waals surface area contributed by atoms with Gasteiger partial charge in [-0.1, -0.05) is 0 Å². The maximum Gasteiger partial charge on any atom is 0.281 e. The molecule has 0 saturated carbocycles. The number of rotatable bonds is 0. The molecule has 8 radical (unpaired) electrons. The molecule has 0 N–H and O–H groups in total. The van der Waals surface area contributed by atoms with Crippen LogP contribution in [-0.2, 0) is 40.2 Å². The van der Waals surface area contributed by atoms with Crippen LogP contribution >= 0.6 is 0 Å². The van der Waals surface area contributed by atoms with Crippen molar-refractivity contribution in [2.75, 3.05) is 0 Å². The number of hydrogen-bond donors (Lipinski definition) is 0. The molecule has 0 rings (SSSR count). The van der Waals surface area contributed by atoms with Crippen LogP contribution in [0.5, 0.6) is 0 Å². The molecule has 9 heavy (non-hydrogen) atoms.